The third-order valence-electron chi connectivity index (χ3n) is 1.36. The lowest BCUT2D eigenvalue weighted by Crippen LogP contribution is -2.51. The molecule has 1 rings (SSSR count). The van der Waals surface area contributed by atoms with Gasteiger partial charge in [-0.05, 0) is 24.7 Å². The average Bonchev–Trinajstić information content (AvgIpc) is 2.02. The van der Waals surface area contributed by atoms with Crippen molar-refractivity contribution in [2.75, 3.05) is 0 Å². The highest BCUT2D eigenvalue weighted by Gasteiger charge is 2.25. The molecule has 1 saturated heterocycles. The molecule has 13 heavy (non-hydrogen) atoms. The second kappa shape index (κ2) is 3.98. The first kappa shape index (κ1) is 9.64. The molecule has 0 aromatic rings. The van der Waals surface area contributed by atoms with Gasteiger partial charge in [-0.2, -0.15) is 0 Å². The quantitative estimate of drug-likeness (QED) is 0.269. The first-order chi connectivity index (χ1) is 6.15. The summed E-state index contributed by atoms with van der Waals surface area (Å²) in [6, 6.07) is 0. The van der Waals surface area contributed by atoms with E-state index < -0.39 is 11.8 Å². The lowest BCUT2D eigenvalue weighted by atomic mass is 10.2. The van der Waals surface area contributed by atoms with Crippen molar-refractivity contribution in [2.45, 2.75) is 13.3 Å². The van der Waals surface area contributed by atoms with Crippen molar-refractivity contribution in [3.05, 3.63) is 17.4 Å². The van der Waals surface area contributed by atoms with Crippen LogP contribution in [0.15, 0.2) is 17.4 Å². The highest BCUT2D eigenvalue weighted by atomic mass is 32.1. The molecule has 0 aromatic carbocycles. The molecule has 0 saturated carbocycles. The number of hydrogen-bond donors (Lipinski definition) is 2. The number of thiocarbonyl (C=S) groups is 1. The maximum Gasteiger partial charge on any atom is 0.270 e. The van der Waals surface area contributed by atoms with E-state index in [2.05, 4.69) is 28.6 Å². The molecule has 0 unspecified atom stereocenters. The number of rotatable bonds is 1. The Kier molecular flexibility index (Phi) is 2.95. The Bertz CT molecular complexity index is 318. The Hall–Kier alpha value is -1.45. The minimum atomic E-state index is -0.501. The van der Waals surface area contributed by atoms with Crippen LogP contribution in [0, 0.1) is 0 Å². The van der Waals surface area contributed by atoms with Crippen LogP contribution >= 0.6 is 12.2 Å². The third-order valence-corrected chi connectivity index (χ3v) is 1.56. The Morgan fingerprint density at radius 3 is 2.38 bits per heavy atom. The summed E-state index contributed by atoms with van der Waals surface area (Å²) in [7, 11) is 0. The predicted octanol–water partition coefficient (Wildman–Crippen LogP) is 0.00880. The fourth-order valence-electron chi connectivity index (χ4n) is 0.801. The summed E-state index contributed by atoms with van der Waals surface area (Å²) in [6.45, 7) is 1.89. The summed E-state index contributed by atoms with van der Waals surface area (Å²) >= 11 is 4.61. The van der Waals surface area contributed by atoms with Crippen molar-refractivity contribution in [1.29, 1.82) is 0 Å². The fourth-order valence-corrected chi connectivity index (χ4v) is 0.986. The van der Waals surface area contributed by atoms with Crippen molar-refractivity contribution in [3.63, 3.8) is 0 Å². The molecule has 0 spiro atoms. The molecular weight excluding hydrogens is 188 g/mol. The second-order valence-corrected chi connectivity index (χ2v) is 2.78. The zero-order valence-electron chi connectivity index (χ0n) is 7.01. The van der Waals surface area contributed by atoms with Crippen LogP contribution in [0.4, 0.5) is 0 Å². The number of carbonyl (C=O) groups is 2. The summed E-state index contributed by atoms with van der Waals surface area (Å²) in [5.74, 6) is -1.00. The van der Waals surface area contributed by atoms with E-state index in [4.69, 9.17) is 0 Å². The summed E-state index contributed by atoms with van der Waals surface area (Å²) in [5.41, 5.74) is 2.57. The van der Waals surface area contributed by atoms with Gasteiger partial charge in [0.15, 0.2) is 5.11 Å². The van der Waals surface area contributed by atoms with Gasteiger partial charge in [-0.15, -0.1) is 5.73 Å². The molecule has 5 heteroatoms. The van der Waals surface area contributed by atoms with E-state index in [9.17, 15) is 9.59 Å². The largest absolute Gasteiger partial charge is 0.298 e. The van der Waals surface area contributed by atoms with Crippen LogP contribution in [-0.2, 0) is 9.59 Å². The zero-order valence-corrected chi connectivity index (χ0v) is 7.83. The molecular formula is C8H8N2O2S. The first-order valence-electron chi connectivity index (χ1n) is 3.77. The van der Waals surface area contributed by atoms with Crippen LogP contribution in [0.2, 0.25) is 0 Å². The van der Waals surface area contributed by atoms with Gasteiger partial charge in [0.1, 0.15) is 5.57 Å². The fraction of sp³-hybridized carbons (Fsp3) is 0.250. The Morgan fingerprint density at radius 2 is 1.92 bits per heavy atom. The summed E-state index contributed by atoms with van der Waals surface area (Å²) in [4.78, 5) is 22.3. The SMILES string of the molecule is CCC=C=C1C(=O)NC(=S)NC1=O. The van der Waals surface area contributed by atoms with Crippen LogP contribution < -0.4 is 10.6 Å². The summed E-state index contributed by atoms with van der Waals surface area (Å²) in [6.07, 6.45) is 2.33. The number of carbonyl (C=O) groups excluding carboxylic acids is 2. The van der Waals surface area contributed by atoms with E-state index in [0.717, 1.165) is 0 Å². The molecule has 1 aliphatic heterocycles. The molecule has 1 heterocycles. The molecule has 2 N–H and O–H groups in total. The zero-order chi connectivity index (χ0) is 9.84. The molecule has 0 atom stereocenters. The number of hydrogen-bond acceptors (Lipinski definition) is 3. The lowest BCUT2D eigenvalue weighted by Gasteiger charge is -2.14. The topological polar surface area (TPSA) is 58.2 Å². The molecule has 1 aliphatic rings. The van der Waals surface area contributed by atoms with Crippen molar-refractivity contribution in [2.24, 2.45) is 0 Å². The van der Waals surface area contributed by atoms with Gasteiger partial charge < -0.3 is 0 Å². The number of nitrogens with one attached hydrogen (secondary N) is 2. The minimum Gasteiger partial charge on any atom is -0.298 e. The molecule has 1 fully saturated rings. The normalized spacial score (nSPS) is 16.1. The van der Waals surface area contributed by atoms with Crippen LogP contribution in [0.25, 0.3) is 0 Å². The maximum absolute atomic E-state index is 11.1. The van der Waals surface area contributed by atoms with Crippen LogP contribution in [0.5, 0.6) is 0 Å². The predicted molar refractivity (Wildman–Crippen MR) is 50.8 cm³/mol. The van der Waals surface area contributed by atoms with E-state index in [1.165, 1.54) is 0 Å². The Morgan fingerprint density at radius 1 is 1.38 bits per heavy atom. The maximum atomic E-state index is 11.1. The van der Waals surface area contributed by atoms with Crippen LogP contribution in [-0.4, -0.2) is 16.9 Å². The second-order valence-electron chi connectivity index (χ2n) is 2.37. The molecule has 4 nitrogen and oxygen atoms in total. The molecule has 68 valence electrons. The summed E-state index contributed by atoms with van der Waals surface area (Å²) < 4.78 is 0. The molecule has 0 radical (unpaired) electrons. The molecule has 2 amide bonds. The van der Waals surface area contributed by atoms with E-state index in [1.54, 1.807) is 6.08 Å². The molecule has 0 aliphatic carbocycles. The van der Waals surface area contributed by atoms with Gasteiger partial charge in [0.25, 0.3) is 11.8 Å². The molecule has 0 bridgehead atoms. The molecule has 0 aromatic heterocycles. The minimum absolute atomic E-state index is 0.0320. The highest BCUT2D eigenvalue weighted by Crippen LogP contribution is 1.98. The van der Waals surface area contributed by atoms with Crippen molar-refractivity contribution in [1.82, 2.24) is 10.6 Å². The van der Waals surface area contributed by atoms with E-state index in [0.29, 0.717) is 6.42 Å². The monoisotopic (exact) mass is 196 g/mol. The highest BCUT2D eigenvalue weighted by molar-refractivity contribution is 7.80. The van der Waals surface area contributed by atoms with E-state index >= 15 is 0 Å². The lowest BCUT2D eigenvalue weighted by molar-refractivity contribution is -0.123. The number of amides is 2. The average molecular weight is 196 g/mol. The van der Waals surface area contributed by atoms with E-state index in [-0.39, 0.29) is 10.7 Å². The van der Waals surface area contributed by atoms with Gasteiger partial charge in [-0.1, -0.05) is 6.92 Å². The Balaban J connectivity index is 2.98. The standard InChI is InChI=1S/C8H8N2O2S/c1-2-3-4-5-6(11)9-8(13)10-7(5)12/h3H,2H2,1H3,(H2,9,10,11,12,13). The van der Waals surface area contributed by atoms with Crippen molar-refractivity contribution < 1.29 is 9.59 Å². The van der Waals surface area contributed by atoms with Gasteiger partial charge in [0.05, 0.1) is 0 Å². The van der Waals surface area contributed by atoms with Crippen molar-refractivity contribution in [3.8, 4) is 0 Å². The van der Waals surface area contributed by atoms with Crippen LogP contribution in [0.3, 0.4) is 0 Å². The van der Waals surface area contributed by atoms with Crippen LogP contribution in [0.1, 0.15) is 13.3 Å². The van der Waals surface area contributed by atoms with Gasteiger partial charge in [0, 0.05) is 0 Å². The Labute approximate surface area is 80.7 Å². The van der Waals surface area contributed by atoms with Gasteiger partial charge in [-0.3, -0.25) is 20.2 Å². The van der Waals surface area contributed by atoms with Gasteiger partial charge >= 0.3 is 0 Å². The van der Waals surface area contributed by atoms with Gasteiger partial charge in [-0.25, -0.2) is 0 Å². The van der Waals surface area contributed by atoms with Gasteiger partial charge in [0.2, 0.25) is 0 Å². The van der Waals surface area contributed by atoms with Crippen molar-refractivity contribution >= 4 is 29.1 Å². The first-order valence-corrected chi connectivity index (χ1v) is 4.17. The van der Waals surface area contributed by atoms with E-state index in [1.807, 2.05) is 6.92 Å². The third kappa shape index (κ3) is 2.24. The smallest absolute Gasteiger partial charge is 0.270 e. The summed E-state index contributed by atoms with van der Waals surface area (Å²) in [5, 5.41) is 4.66.